The monoisotopic (exact) mass is 230 g/mol. The second-order valence-corrected chi connectivity index (χ2v) is 4.80. The lowest BCUT2D eigenvalue weighted by atomic mass is 10.0. The second kappa shape index (κ2) is 5.61. The molecular weight excluding hydrogens is 208 g/mol. The Hall–Kier alpha value is -0.650. The molecule has 0 saturated carbocycles. The van der Waals surface area contributed by atoms with Gasteiger partial charge in [-0.15, -0.1) is 0 Å². The minimum Gasteiger partial charge on any atom is -0.480 e. The number of aliphatic carboxylic acids is 1. The van der Waals surface area contributed by atoms with Crippen molar-refractivity contribution in [2.45, 2.75) is 25.9 Å². The van der Waals surface area contributed by atoms with Crippen molar-refractivity contribution in [1.82, 2.24) is 9.80 Å². The van der Waals surface area contributed by atoms with Gasteiger partial charge in [0.1, 0.15) is 0 Å². The fraction of sp³-hybridized carbons (Fsp3) is 0.909. The predicted octanol–water partition coefficient (Wildman–Crippen LogP) is -0.150. The summed E-state index contributed by atoms with van der Waals surface area (Å²) in [4.78, 5) is 14.7. The van der Waals surface area contributed by atoms with Crippen LogP contribution in [0.4, 0.5) is 0 Å². The molecule has 94 valence electrons. The van der Waals surface area contributed by atoms with Crippen molar-refractivity contribution in [2.24, 2.45) is 0 Å². The fourth-order valence-electron chi connectivity index (χ4n) is 1.89. The van der Waals surface area contributed by atoms with Crippen molar-refractivity contribution in [3.63, 3.8) is 0 Å². The van der Waals surface area contributed by atoms with Crippen LogP contribution in [0.15, 0.2) is 0 Å². The lowest BCUT2D eigenvalue weighted by Crippen LogP contribution is -2.51. The van der Waals surface area contributed by atoms with E-state index in [1.807, 2.05) is 18.7 Å². The van der Waals surface area contributed by atoms with Gasteiger partial charge >= 0.3 is 5.97 Å². The van der Waals surface area contributed by atoms with Crippen LogP contribution in [0.2, 0.25) is 0 Å². The number of nitrogens with zero attached hydrogens (tertiary/aromatic N) is 2. The molecule has 0 radical (unpaired) electrons. The summed E-state index contributed by atoms with van der Waals surface area (Å²) in [6, 6.07) is 0. The second-order valence-electron chi connectivity index (χ2n) is 4.80. The first-order chi connectivity index (χ1) is 7.43. The number of β-amino-alcohol motifs (C(OH)–C–C–N with tert-alkyl or cyclic N) is 1. The number of carbonyl (C=O) groups is 1. The first-order valence-corrected chi connectivity index (χ1v) is 5.82. The zero-order chi connectivity index (χ0) is 12.2. The summed E-state index contributed by atoms with van der Waals surface area (Å²) in [5, 5.41) is 18.6. The third-order valence-corrected chi connectivity index (χ3v) is 3.15. The molecule has 5 heteroatoms. The zero-order valence-corrected chi connectivity index (χ0v) is 10.1. The summed E-state index contributed by atoms with van der Waals surface area (Å²) in [6.45, 7) is 7.82. The Morgan fingerprint density at radius 2 is 1.75 bits per heavy atom. The van der Waals surface area contributed by atoms with E-state index in [4.69, 9.17) is 5.11 Å². The van der Waals surface area contributed by atoms with Gasteiger partial charge in [-0.25, -0.2) is 0 Å². The Balaban J connectivity index is 2.29. The van der Waals surface area contributed by atoms with Crippen LogP contribution in [0.5, 0.6) is 0 Å². The molecule has 1 unspecified atom stereocenters. The van der Waals surface area contributed by atoms with Crippen molar-refractivity contribution in [3.05, 3.63) is 0 Å². The minimum atomic E-state index is -0.769. The van der Waals surface area contributed by atoms with Crippen LogP contribution < -0.4 is 0 Å². The first-order valence-electron chi connectivity index (χ1n) is 5.82. The average Bonchev–Trinajstić information content (AvgIpc) is 2.20. The van der Waals surface area contributed by atoms with E-state index in [0.29, 0.717) is 6.54 Å². The van der Waals surface area contributed by atoms with Crippen molar-refractivity contribution < 1.29 is 15.0 Å². The van der Waals surface area contributed by atoms with E-state index < -0.39 is 11.6 Å². The van der Waals surface area contributed by atoms with Crippen molar-refractivity contribution in [3.8, 4) is 0 Å². The van der Waals surface area contributed by atoms with Crippen LogP contribution in [0.1, 0.15) is 20.3 Å². The lowest BCUT2D eigenvalue weighted by Gasteiger charge is -2.37. The van der Waals surface area contributed by atoms with Crippen molar-refractivity contribution in [1.29, 1.82) is 0 Å². The highest BCUT2D eigenvalue weighted by Gasteiger charge is 2.25. The molecule has 16 heavy (non-hydrogen) atoms. The van der Waals surface area contributed by atoms with Crippen LogP contribution in [0, 0.1) is 0 Å². The van der Waals surface area contributed by atoms with E-state index in [9.17, 15) is 9.90 Å². The van der Waals surface area contributed by atoms with Crippen molar-refractivity contribution in [2.75, 3.05) is 39.3 Å². The zero-order valence-electron chi connectivity index (χ0n) is 10.1. The molecule has 1 rings (SSSR count). The molecule has 0 aromatic rings. The van der Waals surface area contributed by atoms with Gasteiger partial charge in [-0.05, 0) is 13.3 Å². The van der Waals surface area contributed by atoms with Gasteiger partial charge in [-0.2, -0.15) is 0 Å². The minimum absolute atomic E-state index is 0.123. The highest BCUT2D eigenvalue weighted by Crippen LogP contribution is 2.12. The molecule has 2 N–H and O–H groups in total. The lowest BCUT2D eigenvalue weighted by molar-refractivity contribution is -0.138. The molecule has 0 bridgehead atoms. The maximum absolute atomic E-state index is 10.5. The molecule has 1 heterocycles. The smallest absolute Gasteiger partial charge is 0.317 e. The third kappa shape index (κ3) is 4.47. The molecule has 1 fully saturated rings. The van der Waals surface area contributed by atoms with Gasteiger partial charge in [0.2, 0.25) is 0 Å². The molecule has 1 atom stereocenters. The summed E-state index contributed by atoms with van der Waals surface area (Å²) in [5.41, 5.74) is -0.630. The normalized spacial score (nSPS) is 22.9. The number of rotatable bonds is 5. The molecule has 0 aromatic heterocycles. The van der Waals surface area contributed by atoms with Gasteiger partial charge in [0.15, 0.2) is 0 Å². The number of carboxylic acid groups (broad SMARTS) is 1. The molecule has 0 amide bonds. The Kier molecular flexibility index (Phi) is 4.70. The molecule has 0 aliphatic carbocycles. The number of piperazine rings is 1. The SMILES string of the molecule is CCC(C)(O)CN1CCN(CC(=O)O)CC1. The van der Waals surface area contributed by atoms with Gasteiger partial charge in [0.05, 0.1) is 12.1 Å². The van der Waals surface area contributed by atoms with Crippen molar-refractivity contribution >= 4 is 5.97 Å². The van der Waals surface area contributed by atoms with Crippen LogP contribution in [0.25, 0.3) is 0 Å². The Bertz CT molecular complexity index is 235. The number of aliphatic hydroxyl groups is 1. The molecule has 0 aromatic carbocycles. The highest BCUT2D eigenvalue weighted by molar-refractivity contribution is 5.69. The van der Waals surface area contributed by atoms with Gasteiger partial charge in [0.25, 0.3) is 0 Å². The predicted molar refractivity (Wildman–Crippen MR) is 61.4 cm³/mol. The van der Waals surface area contributed by atoms with Crippen LogP contribution in [0.3, 0.4) is 0 Å². The maximum Gasteiger partial charge on any atom is 0.317 e. The van der Waals surface area contributed by atoms with Crippen LogP contribution in [-0.4, -0.2) is 70.9 Å². The summed E-state index contributed by atoms with van der Waals surface area (Å²) >= 11 is 0. The number of hydrogen-bond donors (Lipinski definition) is 2. The molecule has 1 saturated heterocycles. The fourth-order valence-corrected chi connectivity index (χ4v) is 1.89. The Morgan fingerprint density at radius 1 is 1.25 bits per heavy atom. The molecule has 1 aliphatic heterocycles. The third-order valence-electron chi connectivity index (χ3n) is 3.15. The Labute approximate surface area is 96.7 Å². The number of carboxylic acids is 1. The molecule has 5 nitrogen and oxygen atoms in total. The average molecular weight is 230 g/mol. The van der Waals surface area contributed by atoms with E-state index in [2.05, 4.69) is 4.90 Å². The van der Waals surface area contributed by atoms with E-state index in [1.54, 1.807) is 0 Å². The van der Waals surface area contributed by atoms with Gasteiger partial charge < -0.3 is 10.2 Å². The Morgan fingerprint density at radius 3 is 2.19 bits per heavy atom. The quantitative estimate of drug-likeness (QED) is 0.687. The van der Waals surface area contributed by atoms with Crippen LogP contribution >= 0.6 is 0 Å². The molecule has 0 spiro atoms. The van der Waals surface area contributed by atoms with Gasteiger partial charge in [-0.1, -0.05) is 6.92 Å². The molecular formula is C11H22N2O3. The first kappa shape index (κ1) is 13.4. The van der Waals surface area contributed by atoms with E-state index >= 15 is 0 Å². The highest BCUT2D eigenvalue weighted by atomic mass is 16.4. The summed E-state index contributed by atoms with van der Waals surface area (Å²) in [6.07, 6.45) is 0.738. The van der Waals surface area contributed by atoms with E-state index in [-0.39, 0.29) is 6.54 Å². The standard InChI is InChI=1S/C11H22N2O3/c1-3-11(2,16)9-13-6-4-12(5-7-13)8-10(14)15/h16H,3-9H2,1-2H3,(H,14,15). The summed E-state index contributed by atoms with van der Waals surface area (Å²) < 4.78 is 0. The largest absolute Gasteiger partial charge is 0.480 e. The maximum atomic E-state index is 10.5. The molecule has 1 aliphatic rings. The topological polar surface area (TPSA) is 64.0 Å². The summed E-state index contributed by atoms with van der Waals surface area (Å²) in [7, 11) is 0. The summed E-state index contributed by atoms with van der Waals surface area (Å²) in [5.74, 6) is -0.769. The van der Waals surface area contributed by atoms with Crippen LogP contribution in [-0.2, 0) is 4.79 Å². The van der Waals surface area contributed by atoms with Gasteiger partial charge in [-0.3, -0.25) is 14.6 Å². The number of hydrogen-bond acceptors (Lipinski definition) is 4. The van der Waals surface area contributed by atoms with E-state index in [0.717, 1.165) is 32.6 Å². The van der Waals surface area contributed by atoms with Gasteiger partial charge in [0, 0.05) is 32.7 Å². The van der Waals surface area contributed by atoms with E-state index in [1.165, 1.54) is 0 Å².